The Morgan fingerprint density at radius 1 is 1.21 bits per heavy atom. The standard InChI is InChI=1S/C15H14ClN3O5/c16-15-17-10(8-2-1-5-23-8)7-3-4-19(13(7)18-15)14-12(22)11(21)9(6-20)24-14/h1-5,9,11-12,14,20-22H,6H2/t9-,11?,12?,14-/m1/s1. The van der Waals surface area contributed by atoms with Gasteiger partial charge in [-0.2, -0.15) is 4.98 Å². The first-order valence-electron chi connectivity index (χ1n) is 7.30. The Labute approximate surface area is 140 Å². The van der Waals surface area contributed by atoms with Gasteiger partial charge in [0, 0.05) is 11.6 Å². The summed E-state index contributed by atoms with van der Waals surface area (Å²) in [6.45, 7) is -0.401. The zero-order chi connectivity index (χ0) is 16.8. The minimum atomic E-state index is -1.21. The van der Waals surface area contributed by atoms with E-state index in [1.54, 1.807) is 29.0 Å². The third kappa shape index (κ3) is 2.31. The minimum Gasteiger partial charge on any atom is -0.463 e. The van der Waals surface area contributed by atoms with Gasteiger partial charge in [0.1, 0.15) is 29.7 Å². The number of ether oxygens (including phenoxy) is 1. The van der Waals surface area contributed by atoms with Crippen molar-refractivity contribution in [1.29, 1.82) is 0 Å². The van der Waals surface area contributed by atoms with Crippen molar-refractivity contribution < 1.29 is 24.5 Å². The SMILES string of the molecule is OC[C@H]1O[C@@H](n2ccc3c(-c4ccco4)nc(Cl)nc32)C(O)C1O. The molecule has 3 aromatic rings. The number of halogens is 1. The second-order valence-electron chi connectivity index (χ2n) is 5.51. The summed E-state index contributed by atoms with van der Waals surface area (Å²) in [6.07, 6.45) is -0.991. The molecule has 0 aliphatic carbocycles. The highest BCUT2D eigenvalue weighted by Gasteiger charge is 2.43. The van der Waals surface area contributed by atoms with E-state index in [-0.39, 0.29) is 5.28 Å². The topological polar surface area (TPSA) is 114 Å². The molecule has 0 saturated carbocycles. The van der Waals surface area contributed by atoms with E-state index < -0.39 is 31.1 Å². The van der Waals surface area contributed by atoms with Crippen molar-refractivity contribution in [1.82, 2.24) is 14.5 Å². The maximum absolute atomic E-state index is 10.2. The normalized spacial score (nSPS) is 27.2. The number of furan rings is 1. The molecule has 0 spiro atoms. The Kier molecular flexibility index (Phi) is 3.78. The summed E-state index contributed by atoms with van der Waals surface area (Å²) in [5, 5.41) is 30.1. The maximum atomic E-state index is 10.2. The molecule has 4 atom stereocenters. The van der Waals surface area contributed by atoms with Crippen molar-refractivity contribution in [3.63, 3.8) is 0 Å². The van der Waals surface area contributed by atoms with Crippen molar-refractivity contribution in [3.05, 3.63) is 35.9 Å². The van der Waals surface area contributed by atoms with E-state index in [2.05, 4.69) is 9.97 Å². The summed E-state index contributed by atoms with van der Waals surface area (Å²) < 4.78 is 12.5. The fourth-order valence-electron chi connectivity index (χ4n) is 2.92. The number of rotatable bonds is 3. The summed E-state index contributed by atoms with van der Waals surface area (Å²) >= 11 is 6.03. The van der Waals surface area contributed by atoms with Crippen LogP contribution in [0.3, 0.4) is 0 Å². The first kappa shape index (κ1) is 15.6. The van der Waals surface area contributed by atoms with Crippen LogP contribution in [0.4, 0.5) is 0 Å². The van der Waals surface area contributed by atoms with Crippen molar-refractivity contribution in [2.75, 3.05) is 6.61 Å². The molecular formula is C15H14ClN3O5. The van der Waals surface area contributed by atoms with Gasteiger partial charge in [-0.05, 0) is 29.8 Å². The minimum absolute atomic E-state index is 0.0144. The van der Waals surface area contributed by atoms with Crippen LogP contribution in [0.5, 0.6) is 0 Å². The van der Waals surface area contributed by atoms with Crippen molar-refractivity contribution >= 4 is 22.6 Å². The number of hydrogen-bond acceptors (Lipinski definition) is 7. The van der Waals surface area contributed by atoms with Gasteiger partial charge >= 0.3 is 0 Å². The molecule has 0 aromatic carbocycles. The largest absolute Gasteiger partial charge is 0.463 e. The average molecular weight is 352 g/mol. The summed E-state index contributed by atoms with van der Waals surface area (Å²) in [5.74, 6) is 0.531. The Balaban J connectivity index is 1.84. The third-order valence-electron chi connectivity index (χ3n) is 4.09. The first-order chi connectivity index (χ1) is 11.6. The lowest BCUT2D eigenvalue weighted by Gasteiger charge is -2.17. The molecular weight excluding hydrogens is 338 g/mol. The number of aliphatic hydroxyl groups excluding tert-OH is 3. The van der Waals surface area contributed by atoms with Crippen LogP contribution in [0, 0.1) is 0 Å². The molecule has 0 amide bonds. The monoisotopic (exact) mass is 351 g/mol. The zero-order valence-corrected chi connectivity index (χ0v) is 13.0. The van der Waals surface area contributed by atoms with E-state index in [0.717, 1.165) is 0 Å². The lowest BCUT2D eigenvalue weighted by molar-refractivity contribution is -0.0508. The van der Waals surface area contributed by atoms with Gasteiger partial charge in [-0.25, -0.2) is 4.98 Å². The van der Waals surface area contributed by atoms with Crippen LogP contribution in [0.1, 0.15) is 6.23 Å². The van der Waals surface area contributed by atoms with Gasteiger partial charge in [0.25, 0.3) is 0 Å². The van der Waals surface area contributed by atoms with Gasteiger partial charge in [-0.3, -0.25) is 0 Å². The molecule has 24 heavy (non-hydrogen) atoms. The smallest absolute Gasteiger partial charge is 0.225 e. The lowest BCUT2D eigenvalue weighted by atomic mass is 10.1. The van der Waals surface area contributed by atoms with E-state index in [4.69, 9.17) is 20.8 Å². The van der Waals surface area contributed by atoms with Gasteiger partial charge < -0.3 is 29.0 Å². The highest BCUT2D eigenvalue weighted by Crippen LogP contribution is 2.35. The van der Waals surface area contributed by atoms with E-state index in [0.29, 0.717) is 22.5 Å². The predicted molar refractivity (Wildman–Crippen MR) is 83.2 cm³/mol. The van der Waals surface area contributed by atoms with Gasteiger partial charge in [0.2, 0.25) is 5.28 Å². The van der Waals surface area contributed by atoms with Crippen molar-refractivity contribution in [2.24, 2.45) is 0 Å². The molecule has 0 radical (unpaired) electrons. The molecule has 1 aliphatic heterocycles. The summed E-state index contributed by atoms with van der Waals surface area (Å²) in [7, 11) is 0. The summed E-state index contributed by atoms with van der Waals surface area (Å²) in [4.78, 5) is 8.40. The van der Waals surface area contributed by atoms with Gasteiger partial charge in [-0.15, -0.1) is 0 Å². The van der Waals surface area contributed by atoms with Gasteiger partial charge in [0.15, 0.2) is 12.0 Å². The average Bonchev–Trinajstić information content (AvgIpc) is 3.28. The second-order valence-corrected chi connectivity index (χ2v) is 5.85. The number of fused-ring (bicyclic) bond motifs is 1. The Hall–Kier alpha value is -1.97. The van der Waals surface area contributed by atoms with Crippen LogP contribution in [0.15, 0.2) is 35.1 Å². The number of hydrogen-bond donors (Lipinski definition) is 3. The van der Waals surface area contributed by atoms with E-state index in [1.165, 1.54) is 6.26 Å². The quantitative estimate of drug-likeness (QED) is 0.602. The molecule has 1 saturated heterocycles. The molecule has 1 aliphatic rings. The van der Waals surface area contributed by atoms with E-state index in [1.807, 2.05) is 0 Å². The fourth-order valence-corrected chi connectivity index (χ4v) is 3.09. The van der Waals surface area contributed by atoms with Crippen LogP contribution in [-0.4, -0.2) is 54.8 Å². The number of nitrogens with zero attached hydrogens (tertiary/aromatic N) is 3. The summed E-state index contributed by atoms with van der Waals surface area (Å²) in [5.41, 5.74) is 0.941. The maximum Gasteiger partial charge on any atom is 0.225 e. The van der Waals surface area contributed by atoms with Crippen LogP contribution in [0.2, 0.25) is 5.28 Å². The van der Waals surface area contributed by atoms with Crippen molar-refractivity contribution in [3.8, 4) is 11.5 Å². The molecule has 9 heteroatoms. The molecule has 3 N–H and O–H groups in total. The van der Waals surface area contributed by atoms with E-state index >= 15 is 0 Å². The summed E-state index contributed by atoms with van der Waals surface area (Å²) in [6, 6.07) is 5.24. The number of aromatic nitrogens is 3. The molecule has 4 rings (SSSR count). The molecule has 0 bridgehead atoms. The second kappa shape index (κ2) is 5.83. The van der Waals surface area contributed by atoms with Crippen molar-refractivity contribution in [2.45, 2.75) is 24.5 Å². The molecule has 126 valence electrons. The van der Waals surface area contributed by atoms with Crippen LogP contribution >= 0.6 is 11.6 Å². The third-order valence-corrected chi connectivity index (χ3v) is 4.26. The van der Waals surface area contributed by atoms with Crippen LogP contribution in [0.25, 0.3) is 22.5 Å². The van der Waals surface area contributed by atoms with Gasteiger partial charge in [0.05, 0.1) is 12.9 Å². The lowest BCUT2D eigenvalue weighted by Crippen LogP contribution is -2.33. The molecule has 3 aromatic heterocycles. The fraction of sp³-hybridized carbons (Fsp3) is 0.333. The van der Waals surface area contributed by atoms with E-state index in [9.17, 15) is 15.3 Å². The zero-order valence-electron chi connectivity index (χ0n) is 12.3. The molecule has 4 heterocycles. The van der Waals surface area contributed by atoms with Gasteiger partial charge in [-0.1, -0.05) is 0 Å². The predicted octanol–water partition coefficient (Wildman–Crippen LogP) is 0.956. The highest BCUT2D eigenvalue weighted by molar-refractivity contribution is 6.28. The Morgan fingerprint density at radius 3 is 2.71 bits per heavy atom. The Morgan fingerprint density at radius 2 is 2.04 bits per heavy atom. The van der Waals surface area contributed by atoms with Crippen LogP contribution in [-0.2, 0) is 4.74 Å². The highest BCUT2D eigenvalue weighted by atomic mass is 35.5. The number of aliphatic hydroxyl groups is 3. The molecule has 1 fully saturated rings. The molecule has 2 unspecified atom stereocenters. The first-order valence-corrected chi connectivity index (χ1v) is 7.68. The Bertz CT molecular complexity index is 866. The molecule has 8 nitrogen and oxygen atoms in total. The van der Waals surface area contributed by atoms with Crippen LogP contribution < -0.4 is 0 Å².